The number of amides is 1. The maximum Gasteiger partial charge on any atom is 0.224 e. The van der Waals surface area contributed by atoms with Gasteiger partial charge in [-0.2, -0.15) is 0 Å². The summed E-state index contributed by atoms with van der Waals surface area (Å²) in [5.74, 6) is 1.17. The van der Waals surface area contributed by atoms with Gasteiger partial charge in [0, 0.05) is 13.1 Å². The first-order chi connectivity index (χ1) is 7.09. The van der Waals surface area contributed by atoms with Gasteiger partial charge in [-0.05, 0) is 37.1 Å². The van der Waals surface area contributed by atoms with Crippen LogP contribution in [0.15, 0.2) is 0 Å². The minimum absolute atomic E-state index is 0. The van der Waals surface area contributed by atoms with E-state index in [1.165, 1.54) is 6.42 Å². The summed E-state index contributed by atoms with van der Waals surface area (Å²) in [5.41, 5.74) is 0.470. The molecule has 2 rings (SSSR count). The molecule has 16 heavy (non-hydrogen) atoms. The third-order valence-electron chi connectivity index (χ3n) is 3.91. The highest BCUT2D eigenvalue weighted by Gasteiger charge is 2.45. The highest BCUT2D eigenvalue weighted by atomic mass is 35.5. The Morgan fingerprint density at radius 2 is 2.19 bits per heavy atom. The zero-order chi connectivity index (χ0) is 10.9. The van der Waals surface area contributed by atoms with Crippen molar-refractivity contribution >= 4 is 18.3 Å². The maximum atomic E-state index is 11.8. The number of hydrogen-bond acceptors (Lipinski definition) is 2. The molecule has 0 spiro atoms. The van der Waals surface area contributed by atoms with Crippen molar-refractivity contribution in [3.63, 3.8) is 0 Å². The molecule has 1 saturated heterocycles. The predicted molar refractivity (Wildman–Crippen MR) is 67.7 cm³/mol. The summed E-state index contributed by atoms with van der Waals surface area (Å²) < 4.78 is 0. The van der Waals surface area contributed by atoms with E-state index in [4.69, 9.17) is 0 Å². The SMILES string of the molecule is CC1(C)CC1CNC(=O)[C@@H]1CCCNC1.Cl. The Morgan fingerprint density at radius 3 is 2.69 bits per heavy atom. The molecule has 2 N–H and O–H groups in total. The molecular weight excluding hydrogens is 224 g/mol. The van der Waals surface area contributed by atoms with E-state index in [0.29, 0.717) is 11.3 Å². The van der Waals surface area contributed by atoms with Crippen molar-refractivity contribution in [3.05, 3.63) is 0 Å². The molecule has 0 aromatic rings. The molecule has 94 valence electrons. The van der Waals surface area contributed by atoms with Crippen molar-refractivity contribution in [2.75, 3.05) is 19.6 Å². The van der Waals surface area contributed by atoms with Crippen molar-refractivity contribution in [1.29, 1.82) is 0 Å². The molecule has 1 aliphatic carbocycles. The Kier molecular flexibility index (Phi) is 4.62. The molecule has 0 bridgehead atoms. The van der Waals surface area contributed by atoms with Gasteiger partial charge in [-0.15, -0.1) is 12.4 Å². The van der Waals surface area contributed by atoms with Gasteiger partial charge in [0.2, 0.25) is 5.91 Å². The molecule has 2 aliphatic rings. The number of nitrogens with one attached hydrogen (secondary N) is 2. The number of carbonyl (C=O) groups is 1. The molecule has 4 heteroatoms. The number of piperidine rings is 1. The van der Waals surface area contributed by atoms with Crippen LogP contribution >= 0.6 is 12.4 Å². The molecule has 0 aromatic heterocycles. The van der Waals surface area contributed by atoms with E-state index in [1.807, 2.05) is 0 Å². The van der Waals surface area contributed by atoms with E-state index in [-0.39, 0.29) is 24.2 Å². The van der Waals surface area contributed by atoms with Crippen LogP contribution in [0, 0.1) is 17.3 Å². The second kappa shape index (κ2) is 5.37. The zero-order valence-electron chi connectivity index (χ0n) is 10.2. The number of rotatable bonds is 3. The van der Waals surface area contributed by atoms with Crippen LogP contribution in [0.1, 0.15) is 33.1 Å². The van der Waals surface area contributed by atoms with Crippen molar-refractivity contribution in [1.82, 2.24) is 10.6 Å². The van der Waals surface area contributed by atoms with E-state index < -0.39 is 0 Å². The van der Waals surface area contributed by atoms with E-state index in [9.17, 15) is 4.79 Å². The summed E-state index contributed by atoms with van der Waals surface area (Å²) in [7, 11) is 0. The van der Waals surface area contributed by atoms with Crippen molar-refractivity contribution < 1.29 is 4.79 Å². The maximum absolute atomic E-state index is 11.8. The van der Waals surface area contributed by atoms with Gasteiger partial charge in [-0.25, -0.2) is 0 Å². The fourth-order valence-corrected chi connectivity index (χ4v) is 2.37. The van der Waals surface area contributed by atoms with Crippen LogP contribution in [0.2, 0.25) is 0 Å². The Labute approximate surface area is 104 Å². The topological polar surface area (TPSA) is 41.1 Å². The minimum Gasteiger partial charge on any atom is -0.356 e. The third-order valence-corrected chi connectivity index (χ3v) is 3.91. The second-order valence-electron chi connectivity index (χ2n) is 5.68. The number of halogens is 1. The van der Waals surface area contributed by atoms with Crippen molar-refractivity contribution in [2.24, 2.45) is 17.3 Å². The molecule has 1 aliphatic heterocycles. The summed E-state index contributed by atoms with van der Waals surface area (Å²) in [6, 6.07) is 0. The smallest absolute Gasteiger partial charge is 0.224 e. The van der Waals surface area contributed by atoms with Crippen LogP contribution in [0.25, 0.3) is 0 Å². The van der Waals surface area contributed by atoms with Crippen LogP contribution in [-0.2, 0) is 4.79 Å². The van der Waals surface area contributed by atoms with E-state index in [0.717, 1.165) is 32.5 Å². The lowest BCUT2D eigenvalue weighted by Crippen LogP contribution is -2.41. The minimum atomic E-state index is 0. The largest absolute Gasteiger partial charge is 0.356 e. The quantitative estimate of drug-likeness (QED) is 0.794. The van der Waals surface area contributed by atoms with Gasteiger partial charge in [-0.3, -0.25) is 4.79 Å². The van der Waals surface area contributed by atoms with Crippen LogP contribution < -0.4 is 10.6 Å². The van der Waals surface area contributed by atoms with Gasteiger partial charge >= 0.3 is 0 Å². The van der Waals surface area contributed by atoms with Crippen LogP contribution in [0.3, 0.4) is 0 Å². The molecular formula is C12H23ClN2O. The first-order valence-corrected chi connectivity index (χ1v) is 6.08. The summed E-state index contributed by atoms with van der Waals surface area (Å²) in [5, 5.41) is 6.37. The molecule has 0 aromatic carbocycles. The molecule has 0 radical (unpaired) electrons. The summed E-state index contributed by atoms with van der Waals surface area (Å²) in [4.78, 5) is 11.8. The van der Waals surface area contributed by atoms with E-state index in [2.05, 4.69) is 24.5 Å². The van der Waals surface area contributed by atoms with Gasteiger partial charge < -0.3 is 10.6 Å². The molecule has 2 atom stereocenters. The van der Waals surface area contributed by atoms with Crippen molar-refractivity contribution in [3.8, 4) is 0 Å². The highest BCUT2D eigenvalue weighted by Crippen LogP contribution is 2.50. The van der Waals surface area contributed by atoms with Gasteiger partial charge in [0.15, 0.2) is 0 Å². The zero-order valence-corrected chi connectivity index (χ0v) is 11.0. The summed E-state index contributed by atoms with van der Waals surface area (Å²) in [6.07, 6.45) is 3.44. The normalized spacial score (nSPS) is 31.4. The monoisotopic (exact) mass is 246 g/mol. The van der Waals surface area contributed by atoms with Crippen LogP contribution in [-0.4, -0.2) is 25.5 Å². The second-order valence-corrected chi connectivity index (χ2v) is 5.68. The fourth-order valence-electron chi connectivity index (χ4n) is 2.37. The standard InChI is InChI=1S/C12H22N2O.ClH/c1-12(2)6-10(12)8-14-11(15)9-4-3-5-13-7-9;/h9-10,13H,3-8H2,1-2H3,(H,14,15);1H/t9-,10?;/m1./s1. The molecule has 1 heterocycles. The number of hydrogen-bond donors (Lipinski definition) is 2. The molecule has 1 amide bonds. The molecule has 3 nitrogen and oxygen atoms in total. The van der Waals surface area contributed by atoms with Gasteiger partial charge in [0.05, 0.1) is 5.92 Å². The molecule has 1 saturated carbocycles. The van der Waals surface area contributed by atoms with E-state index in [1.54, 1.807) is 0 Å². The summed E-state index contributed by atoms with van der Waals surface area (Å²) >= 11 is 0. The number of carbonyl (C=O) groups excluding carboxylic acids is 1. The highest BCUT2D eigenvalue weighted by molar-refractivity contribution is 5.85. The Bertz CT molecular complexity index is 249. The Hall–Kier alpha value is -0.280. The summed E-state index contributed by atoms with van der Waals surface area (Å²) in [6.45, 7) is 7.35. The first kappa shape index (κ1) is 13.8. The Balaban J connectivity index is 0.00000128. The Morgan fingerprint density at radius 1 is 1.50 bits per heavy atom. The van der Waals surface area contributed by atoms with Crippen LogP contribution in [0.4, 0.5) is 0 Å². The lowest BCUT2D eigenvalue weighted by atomic mass is 9.99. The molecule has 2 fully saturated rings. The third kappa shape index (κ3) is 3.36. The van der Waals surface area contributed by atoms with Gasteiger partial charge in [0.1, 0.15) is 0 Å². The fraction of sp³-hybridized carbons (Fsp3) is 0.917. The van der Waals surface area contributed by atoms with Crippen LogP contribution in [0.5, 0.6) is 0 Å². The average Bonchev–Trinajstić information content (AvgIpc) is 2.84. The first-order valence-electron chi connectivity index (χ1n) is 6.08. The average molecular weight is 247 g/mol. The van der Waals surface area contributed by atoms with Gasteiger partial charge in [-0.1, -0.05) is 13.8 Å². The van der Waals surface area contributed by atoms with Gasteiger partial charge in [0.25, 0.3) is 0 Å². The lowest BCUT2D eigenvalue weighted by molar-refractivity contribution is -0.125. The van der Waals surface area contributed by atoms with E-state index >= 15 is 0 Å². The predicted octanol–water partition coefficient (Wildman–Crippen LogP) is 1.57. The van der Waals surface area contributed by atoms with Crippen molar-refractivity contribution in [2.45, 2.75) is 33.1 Å². The molecule has 1 unspecified atom stereocenters. The lowest BCUT2D eigenvalue weighted by Gasteiger charge is -2.22.